The van der Waals surface area contributed by atoms with Gasteiger partial charge in [0.25, 0.3) is 0 Å². The van der Waals surface area contributed by atoms with Crippen LogP contribution in [0.3, 0.4) is 0 Å². The van der Waals surface area contributed by atoms with Crippen molar-refractivity contribution in [3.05, 3.63) is 29.8 Å². The maximum atomic E-state index is 13.0. The second kappa shape index (κ2) is 7.95. The van der Waals surface area contributed by atoms with Crippen LogP contribution in [0, 0.1) is 5.92 Å². The normalized spacial score (nSPS) is 22.2. The molecule has 0 unspecified atom stereocenters. The van der Waals surface area contributed by atoms with E-state index >= 15 is 0 Å². The number of anilines is 1. The second-order valence-electron chi connectivity index (χ2n) is 6.85. The molecular formula is C17H25F3N2O2S. The predicted molar refractivity (Wildman–Crippen MR) is 92.9 cm³/mol. The summed E-state index contributed by atoms with van der Waals surface area (Å²) in [7, 11) is -3.28. The summed E-state index contributed by atoms with van der Waals surface area (Å²) in [6.45, 7) is 3.72. The van der Waals surface area contributed by atoms with Gasteiger partial charge < -0.3 is 5.32 Å². The van der Waals surface area contributed by atoms with Crippen LogP contribution in [0.5, 0.6) is 0 Å². The molecule has 4 nitrogen and oxygen atoms in total. The van der Waals surface area contributed by atoms with Gasteiger partial charge in [-0.2, -0.15) is 13.2 Å². The Labute approximate surface area is 147 Å². The Bertz CT molecular complexity index is 667. The SMILES string of the molecule is CC(C)S(=O)(=O)N[C@H]1CC[C@H](CNc2ccccc2C(F)(F)F)CC1. The first-order valence-corrected chi connectivity index (χ1v) is 10.1. The highest BCUT2D eigenvalue weighted by Crippen LogP contribution is 2.35. The van der Waals surface area contributed by atoms with Crippen LogP contribution in [0.25, 0.3) is 0 Å². The molecule has 0 aromatic heterocycles. The van der Waals surface area contributed by atoms with Crippen molar-refractivity contribution in [3.8, 4) is 0 Å². The Morgan fingerprint density at radius 3 is 2.28 bits per heavy atom. The van der Waals surface area contributed by atoms with E-state index in [-0.39, 0.29) is 17.6 Å². The molecule has 1 aromatic carbocycles. The number of alkyl halides is 3. The minimum Gasteiger partial charge on any atom is -0.384 e. The number of sulfonamides is 1. The summed E-state index contributed by atoms with van der Waals surface area (Å²) in [5.74, 6) is 0.237. The van der Waals surface area contributed by atoms with Crippen molar-refractivity contribution in [3.63, 3.8) is 0 Å². The van der Waals surface area contributed by atoms with E-state index in [0.29, 0.717) is 19.4 Å². The topological polar surface area (TPSA) is 58.2 Å². The third-order valence-corrected chi connectivity index (χ3v) is 6.52. The summed E-state index contributed by atoms with van der Waals surface area (Å²) in [4.78, 5) is 0. The lowest BCUT2D eigenvalue weighted by Gasteiger charge is -2.30. The van der Waals surface area contributed by atoms with E-state index in [4.69, 9.17) is 0 Å². The summed E-state index contributed by atoms with van der Waals surface area (Å²) in [5.41, 5.74) is -0.564. The lowest BCUT2D eigenvalue weighted by atomic mass is 9.86. The van der Waals surface area contributed by atoms with Crippen molar-refractivity contribution in [2.45, 2.75) is 57.0 Å². The molecule has 0 radical (unpaired) electrons. The lowest BCUT2D eigenvalue weighted by Crippen LogP contribution is -2.41. The molecule has 0 bridgehead atoms. The van der Waals surface area contributed by atoms with Gasteiger partial charge in [0.05, 0.1) is 10.8 Å². The number of hydrogen-bond donors (Lipinski definition) is 2. The Balaban J connectivity index is 1.86. The zero-order chi connectivity index (χ0) is 18.7. The standard InChI is InChI=1S/C17H25F3N2O2S/c1-12(2)25(23,24)22-14-9-7-13(8-10-14)11-21-16-6-4-3-5-15(16)17(18,19)20/h3-6,12-14,21-22H,7-11H2,1-2H3/t13-,14-. The number of rotatable bonds is 6. The minimum atomic E-state index is -4.38. The van der Waals surface area contributed by atoms with E-state index in [1.54, 1.807) is 19.9 Å². The molecule has 0 heterocycles. The molecule has 0 aliphatic heterocycles. The van der Waals surface area contributed by atoms with Crippen LogP contribution in [-0.2, 0) is 16.2 Å². The van der Waals surface area contributed by atoms with Crippen LogP contribution in [0.2, 0.25) is 0 Å². The number of benzene rings is 1. The molecule has 8 heteroatoms. The molecule has 2 N–H and O–H groups in total. The van der Waals surface area contributed by atoms with Crippen molar-refractivity contribution >= 4 is 15.7 Å². The largest absolute Gasteiger partial charge is 0.418 e. The summed E-state index contributed by atoms with van der Waals surface area (Å²) in [6, 6.07) is 5.38. The zero-order valence-corrected chi connectivity index (χ0v) is 15.3. The lowest BCUT2D eigenvalue weighted by molar-refractivity contribution is -0.137. The van der Waals surface area contributed by atoms with Gasteiger partial charge in [0, 0.05) is 18.3 Å². The minimum absolute atomic E-state index is 0.0777. The molecule has 142 valence electrons. The van der Waals surface area contributed by atoms with E-state index < -0.39 is 27.0 Å². The Morgan fingerprint density at radius 2 is 1.72 bits per heavy atom. The van der Waals surface area contributed by atoms with Crippen LogP contribution in [0.1, 0.15) is 45.1 Å². The van der Waals surface area contributed by atoms with Crippen molar-refractivity contribution in [2.75, 3.05) is 11.9 Å². The smallest absolute Gasteiger partial charge is 0.384 e. The molecule has 0 saturated heterocycles. The molecule has 25 heavy (non-hydrogen) atoms. The van der Waals surface area contributed by atoms with Gasteiger partial charge in [-0.15, -0.1) is 0 Å². The summed E-state index contributed by atoms with van der Waals surface area (Å²) in [6.07, 6.45) is -1.40. The van der Waals surface area contributed by atoms with Gasteiger partial charge in [-0.25, -0.2) is 13.1 Å². The van der Waals surface area contributed by atoms with Crippen LogP contribution in [0.15, 0.2) is 24.3 Å². The van der Waals surface area contributed by atoms with Gasteiger partial charge >= 0.3 is 6.18 Å². The third-order valence-electron chi connectivity index (χ3n) is 4.61. The fraction of sp³-hybridized carbons (Fsp3) is 0.647. The molecule has 0 spiro atoms. The van der Waals surface area contributed by atoms with Crippen LogP contribution < -0.4 is 10.0 Å². The van der Waals surface area contributed by atoms with Crippen molar-refractivity contribution in [2.24, 2.45) is 5.92 Å². The number of nitrogens with one attached hydrogen (secondary N) is 2. The first-order valence-electron chi connectivity index (χ1n) is 8.51. The highest BCUT2D eigenvalue weighted by atomic mass is 32.2. The summed E-state index contributed by atoms with van der Waals surface area (Å²) >= 11 is 0. The number of para-hydroxylation sites is 1. The predicted octanol–water partition coefficient (Wildman–Crippen LogP) is 4.00. The molecule has 1 aliphatic carbocycles. The average molecular weight is 378 g/mol. The second-order valence-corrected chi connectivity index (χ2v) is 9.12. The van der Waals surface area contributed by atoms with E-state index in [1.807, 2.05) is 0 Å². The van der Waals surface area contributed by atoms with Gasteiger partial charge in [-0.3, -0.25) is 0 Å². The molecular weight excluding hydrogens is 353 g/mol. The summed E-state index contributed by atoms with van der Waals surface area (Å²) < 4.78 is 65.5. The maximum Gasteiger partial charge on any atom is 0.418 e. The van der Waals surface area contributed by atoms with E-state index in [0.717, 1.165) is 18.9 Å². The van der Waals surface area contributed by atoms with E-state index in [2.05, 4.69) is 10.0 Å². The highest BCUT2D eigenvalue weighted by molar-refractivity contribution is 7.90. The van der Waals surface area contributed by atoms with Gasteiger partial charge in [0.15, 0.2) is 0 Å². The third kappa shape index (κ3) is 5.60. The molecule has 1 aromatic rings. The van der Waals surface area contributed by atoms with E-state index in [1.165, 1.54) is 12.1 Å². The molecule has 0 amide bonds. The summed E-state index contributed by atoms with van der Waals surface area (Å²) in [5, 5.41) is 2.45. The van der Waals surface area contributed by atoms with Crippen molar-refractivity contribution in [1.82, 2.24) is 4.72 Å². The number of halogens is 3. The first kappa shape index (κ1) is 20.0. The van der Waals surface area contributed by atoms with Gasteiger partial charge in [-0.1, -0.05) is 12.1 Å². The fourth-order valence-corrected chi connectivity index (χ4v) is 3.96. The first-order chi connectivity index (χ1) is 11.6. The van der Waals surface area contributed by atoms with Crippen LogP contribution >= 0.6 is 0 Å². The van der Waals surface area contributed by atoms with Crippen molar-refractivity contribution < 1.29 is 21.6 Å². The van der Waals surface area contributed by atoms with Crippen LogP contribution in [0.4, 0.5) is 18.9 Å². The Kier molecular flexibility index (Phi) is 6.37. The van der Waals surface area contributed by atoms with Gasteiger partial charge in [-0.05, 0) is 57.6 Å². The van der Waals surface area contributed by atoms with Gasteiger partial charge in [0.1, 0.15) is 0 Å². The van der Waals surface area contributed by atoms with Crippen LogP contribution in [-0.4, -0.2) is 26.3 Å². The van der Waals surface area contributed by atoms with Gasteiger partial charge in [0.2, 0.25) is 10.0 Å². The maximum absolute atomic E-state index is 13.0. The highest BCUT2D eigenvalue weighted by Gasteiger charge is 2.33. The van der Waals surface area contributed by atoms with Crippen molar-refractivity contribution in [1.29, 1.82) is 0 Å². The van der Waals surface area contributed by atoms with E-state index in [9.17, 15) is 21.6 Å². The molecule has 1 aliphatic rings. The Hall–Kier alpha value is -1.28. The molecule has 2 rings (SSSR count). The average Bonchev–Trinajstić information content (AvgIpc) is 2.53. The zero-order valence-electron chi connectivity index (χ0n) is 14.4. The molecule has 0 atom stereocenters. The monoisotopic (exact) mass is 378 g/mol. The number of hydrogen-bond acceptors (Lipinski definition) is 3. The Morgan fingerprint density at radius 1 is 1.12 bits per heavy atom. The fourth-order valence-electron chi connectivity index (χ4n) is 2.99. The molecule has 1 fully saturated rings. The quantitative estimate of drug-likeness (QED) is 0.787. The molecule has 1 saturated carbocycles.